The van der Waals surface area contributed by atoms with Crippen LogP contribution in [0.5, 0.6) is 0 Å². The van der Waals surface area contributed by atoms with Crippen molar-refractivity contribution in [3.8, 4) is 0 Å². The molecule has 4 nitrogen and oxygen atoms in total. The molecule has 0 radical (unpaired) electrons. The standard InChI is InChI=1S/C13H19FN2O2/c1-4-16(9-13(2,3)18)12(17)15-11-7-5-10(14)6-8-11/h5-8,18H,4,9H2,1-3H3,(H,15,17). The number of urea groups is 1. The van der Waals surface area contributed by atoms with Crippen LogP contribution in [-0.2, 0) is 0 Å². The fourth-order valence-corrected chi connectivity index (χ4v) is 1.53. The maximum absolute atomic E-state index is 12.7. The van der Waals surface area contributed by atoms with Gasteiger partial charge >= 0.3 is 6.03 Å². The number of likely N-dealkylation sites (N-methyl/N-ethyl adjacent to an activating group) is 1. The number of carbonyl (C=O) groups excluding carboxylic acids is 1. The molecule has 1 aromatic carbocycles. The maximum atomic E-state index is 12.7. The van der Waals surface area contributed by atoms with Crippen molar-refractivity contribution in [1.82, 2.24) is 4.90 Å². The summed E-state index contributed by atoms with van der Waals surface area (Å²) in [6.45, 7) is 5.82. The Balaban J connectivity index is 2.65. The molecule has 0 aliphatic carbocycles. The van der Waals surface area contributed by atoms with Gasteiger partial charge < -0.3 is 15.3 Å². The van der Waals surface area contributed by atoms with E-state index >= 15 is 0 Å². The second kappa shape index (κ2) is 5.82. The molecular formula is C13H19FN2O2. The van der Waals surface area contributed by atoms with Crippen molar-refractivity contribution in [2.45, 2.75) is 26.4 Å². The summed E-state index contributed by atoms with van der Waals surface area (Å²) >= 11 is 0. The van der Waals surface area contributed by atoms with Crippen molar-refractivity contribution in [1.29, 1.82) is 0 Å². The van der Waals surface area contributed by atoms with E-state index in [1.165, 1.54) is 29.2 Å². The Kier molecular flexibility index (Phi) is 4.67. The minimum absolute atomic E-state index is 0.233. The van der Waals surface area contributed by atoms with Gasteiger partial charge in [0.05, 0.1) is 12.1 Å². The molecule has 1 rings (SSSR count). The first-order valence-corrected chi connectivity index (χ1v) is 5.85. The Bertz CT molecular complexity index is 398. The molecule has 0 aliphatic rings. The van der Waals surface area contributed by atoms with Gasteiger partial charge in [-0.25, -0.2) is 9.18 Å². The number of amides is 2. The lowest BCUT2D eigenvalue weighted by atomic mass is 10.1. The minimum Gasteiger partial charge on any atom is -0.389 e. The lowest BCUT2D eigenvalue weighted by molar-refractivity contribution is 0.0501. The Hall–Kier alpha value is -1.62. The van der Waals surface area contributed by atoms with Gasteiger partial charge in [-0.15, -0.1) is 0 Å². The molecular weight excluding hydrogens is 235 g/mol. The predicted octanol–water partition coefficient (Wildman–Crippen LogP) is 2.45. The van der Waals surface area contributed by atoms with E-state index in [4.69, 9.17) is 0 Å². The SMILES string of the molecule is CCN(CC(C)(C)O)C(=O)Nc1ccc(F)cc1. The number of carbonyl (C=O) groups is 1. The number of nitrogens with one attached hydrogen (secondary N) is 1. The second-order valence-electron chi connectivity index (χ2n) is 4.76. The zero-order valence-electron chi connectivity index (χ0n) is 10.9. The largest absolute Gasteiger partial charge is 0.389 e. The number of rotatable bonds is 4. The van der Waals surface area contributed by atoms with E-state index in [2.05, 4.69) is 5.32 Å². The van der Waals surface area contributed by atoms with Crippen molar-refractivity contribution < 1.29 is 14.3 Å². The van der Waals surface area contributed by atoms with Crippen LogP contribution in [0.15, 0.2) is 24.3 Å². The first-order valence-electron chi connectivity index (χ1n) is 5.85. The van der Waals surface area contributed by atoms with Crippen molar-refractivity contribution in [2.75, 3.05) is 18.4 Å². The summed E-state index contributed by atoms with van der Waals surface area (Å²) in [7, 11) is 0. The summed E-state index contributed by atoms with van der Waals surface area (Å²) in [6.07, 6.45) is 0. The number of nitrogens with zero attached hydrogens (tertiary/aromatic N) is 1. The van der Waals surface area contributed by atoms with Crippen molar-refractivity contribution in [2.24, 2.45) is 0 Å². The van der Waals surface area contributed by atoms with Crippen LogP contribution in [0.3, 0.4) is 0 Å². The minimum atomic E-state index is -0.948. The zero-order chi connectivity index (χ0) is 13.8. The highest BCUT2D eigenvalue weighted by molar-refractivity contribution is 5.89. The van der Waals surface area contributed by atoms with Gasteiger partial charge in [-0.05, 0) is 45.0 Å². The van der Waals surface area contributed by atoms with Crippen LogP contribution >= 0.6 is 0 Å². The van der Waals surface area contributed by atoms with Gasteiger partial charge in [0.15, 0.2) is 0 Å². The lowest BCUT2D eigenvalue weighted by Gasteiger charge is -2.28. The normalized spacial score (nSPS) is 11.2. The third-order valence-corrected chi connectivity index (χ3v) is 2.34. The Morgan fingerprint density at radius 3 is 2.39 bits per heavy atom. The number of anilines is 1. The smallest absolute Gasteiger partial charge is 0.321 e. The number of aliphatic hydroxyl groups is 1. The van der Waals surface area contributed by atoms with Gasteiger partial charge in [-0.1, -0.05) is 0 Å². The van der Waals surface area contributed by atoms with Crippen LogP contribution in [0.1, 0.15) is 20.8 Å². The summed E-state index contributed by atoms with van der Waals surface area (Å²) in [5.41, 5.74) is -0.425. The third kappa shape index (κ3) is 4.71. The Morgan fingerprint density at radius 2 is 1.94 bits per heavy atom. The molecule has 0 unspecified atom stereocenters. The molecule has 100 valence electrons. The summed E-state index contributed by atoms with van der Waals surface area (Å²) in [4.78, 5) is 13.4. The highest BCUT2D eigenvalue weighted by Gasteiger charge is 2.21. The fourth-order valence-electron chi connectivity index (χ4n) is 1.53. The van der Waals surface area contributed by atoms with Crippen LogP contribution in [0, 0.1) is 5.82 Å². The molecule has 0 spiro atoms. The molecule has 1 aromatic rings. The quantitative estimate of drug-likeness (QED) is 0.867. The topological polar surface area (TPSA) is 52.6 Å². The van der Waals surface area contributed by atoms with E-state index in [-0.39, 0.29) is 18.4 Å². The molecule has 0 bridgehead atoms. The average molecular weight is 254 g/mol. The second-order valence-corrected chi connectivity index (χ2v) is 4.76. The molecule has 0 aliphatic heterocycles. The van der Waals surface area contributed by atoms with Crippen LogP contribution in [0.4, 0.5) is 14.9 Å². The van der Waals surface area contributed by atoms with Crippen LogP contribution in [-0.4, -0.2) is 34.7 Å². The van der Waals surface area contributed by atoms with E-state index in [9.17, 15) is 14.3 Å². The van der Waals surface area contributed by atoms with Gasteiger partial charge in [0.2, 0.25) is 0 Å². The van der Waals surface area contributed by atoms with E-state index < -0.39 is 5.60 Å². The Morgan fingerprint density at radius 1 is 1.39 bits per heavy atom. The molecule has 5 heteroatoms. The number of benzene rings is 1. The molecule has 0 fully saturated rings. The summed E-state index contributed by atoms with van der Waals surface area (Å²) in [6, 6.07) is 5.23. The monoisotopic (exact) mass is 254 g/mol. The first kappa shape index (κ1) is 14.4. The lowest BCUT2D eigenvalue weighted by Crippen LogP contribution is -2.44. The molecule has 18 heavy (non-hydrogen) atoms. The van der Waals surface area contributed by atoms with Crippen molar-refractivity contribution >= 4 is 11.7 Å². The number of hydrogen-bond donors (Lipinski definition) is 2. The molecule has 0 saturated carbocycles. The summed E-state index contributed by atoms with van der Waals surface area (Å²) < 4.78 is 12.7. The van der Waals surface area contributed by atoms with Gasteiger partial charge in [-0.2, -0.15) is 0 Å². The fraction of sp³-hybridized carbons (Fsp3) is 0.462. The predicted molar refractivity (Wildman–Crippen MR) is 69.0 cm³/mol. The van der Waals surface area contributed by atoms with Gasteiger partial charge in [0.1, 0.15) is 5.82 Å². The molecule has 2 amide bonds. The van der Waals surface area contributed by atoms with Crippen LogP contribution in [0.25, 0.3) is 0 Å². The first-order chi connectivity index (χ1) is 8.31. The average Bonchev–Trinajstić information content (AvgIpc) is 2.27. The maximum Gasteiger partial charge on any atom is 0.321 e. The molecule has 0 saturated heterocycles. The summed E-state index contributed by atoms with van der Waals surface area (Å²) in [5.74, 6) is -0.350. The van der Waals surface area contributed by atoms with E-state index in [0.29, 0.717) is 12.2 Å². The van der Waals surface area contributed by atoms with E-state index in [1.54, 1.807) is 13.8 Å². The van der Waals surface area contributed by atoms with Gasteiger partial charge in [0.25, 0.3) is 0 Å². The van der Waals surface area contributed by atoms with E-state index in [0.717, 1.165) is 0 Å². The van der Waals surface area contributed by atoms with Gasteiger partial charge in [0, 0.05) is 12.2 Å². The highest BCUT2D eigenvalue weighted by atomic mass is 19.1. The van der Waals surface area contributed by atoms with E-state index in [1.807, 2.05) is 6.92 Å². The molecule has 2 N–H and O–H groups in total. The van der Waals surface area contributed by atoms with Crippen molar-refractivity contribution in [3.63, 3.8) is 0 Å². The van der Waals surface area contributed by atoms with Crippen molar-refractivity contribution in [3.05, 3.63) is 30.1 Å². The molecule has 0 atom stereocenters. The molecule has 0 heterocycles. The van der Waals surface area contributed by atoms with Crippen LogP contribution < -0.4 is 5.32 Å². The number of hydrogen-bond acceptors (Lipinski definition) is 2. The third-order valence-electron chi connectivity index (χ3n) is 2.34. The molecule has 0 aromatic heterocycles. The highest BCUT2D eigenvalue weighted by Crippen LogP contribution is 2.11. The van der Waals surface area contributed by atoms with Gasteiger partial charge in [-0.3, -0.25) is 0 Å². The summed E-state index contributed by atoms with van der Waals surface area (Å²) in [5, 5.41) is 12.4. The number of halogens is 1. The van der Waals surface area contributed by atoms with Crippen LogP contribution in [0.2, 0.25) is 0 Å². The Labute approximate surface area is 106 Å². The zero-order valence-corrected chi connectivity index (χ0v) is 10.9.